The zero-order chi connectivity index (χ0) is 13.8. The number of nitrogens with zero attached hydrogens (tertiary/aromatic N) is 1. The third-order valence-electron chi connectivity index (χ3n) is 3.41. The van der Waals surface area contributed by atoms with E-state index in [2.05, 4.69) is 5.32 Å². The molecule has 0 bridgehead atoms. The lowest BCUT2D eigenvalue weighted by Gasteiger charge is -2.19. The van der Waals surface area contributed by atoms with Crippen LogP contribution in [-0.4, -0.2) is 42.0 Å². The maximum Gasteiger partial charge on any atom is 0.225 e. The molecule has 0 aromatic heterocycles. The number of aliphatic hydroxyl groups is 1. The molecule has 0 radical (unpaired) electrons. The Labute approximate surface area is 112 Å². The lowest BCUT2D eigenvalue weighted by molar-refractivity contribution is -0.128. The maximum atomic E-state index is 12.1. The predicted molar refractivity (Wildman–Crippen MR) is 70.2 cm³/mol. The largest absolute Gasteiger partial charge is 0.394 e. The Balaban J connectivity index is 1.99. The maximum absolute atomic E-state index is 12.1. The third kappa shape index (κ3) is 3.12. The van der Waals surface area contributed by atoms with Gasteiger partial charge in [-0.15, -0.1) is 0 Å². The molecule has 1 aromatic rings. The minimum absolute atomic E-state index is 0.0135. The molecule has 2 N–H and O–H groups in total. The van der Waals surface area contributed by atoms with Crippen LogP contribution in [0.3, 0.4) is 0 Å². The quantitative estimate of drug-likeness (QED) is 0.820. The highest BCUT2D eigenvalue weighted by Crippen LogP contribution is 2.18. The zero-order valence-electron chi connectivity index (χ0n) is 10.9. The monoisotopic (exact) mass is 262 g/mol. The van der Waals surface area contributed by atoms with Gasteiger partial charge in [0.2, 0.25) is 11.8 Å². The second kappa shape index (κ2) is 5.84. The van der Waals surface area contributed by atoms with Gasteiger partial charge < -0.3 is 15.3 Å². The molecule has 1 fully saturated rings. The van der Waals surface area contributed by atoms with Crippen molar-refractivity contribution in [1.29, 1.82) is 0 Å². The van der Waals surface area contributed by atoms with Crippen molar-refractivity contribution in [1.82, 2.24) is 10.2 Å². The number of nitrogens with one attached hydrogen (secondary N) is 1. The molecule has 1 heterocycles. The van der Waals surface area contributed by atoms with Gasteiger partial charge in [-0.3, -0.25) is 9.59 Å². The smallest absolute Gasteiger partial charge is 0.225 e. The summed E-state index contributed by atoms with van der Waals surface area (Å²) in [6.07, 6.45) is 0.245. The van der Waals surface area contributed by atoms with Crippen LogP contribution >= 0.6 is 0 Å². The standard InChI is InChI=1S/C14H18N2O3/c1-16-8-11(7-13(16)18)14(19)15-12(9-17)10-5-3-2-4-6-10/h2-6,11-12,17H,7-9H2,1H3,(H,15,19)/t11?,12-/m0/s1. The molecule has 0 aliphatic carbocycles. The topological polar surface area (TPSA) is 69.6 Å². The van der Waals surface area contributed by atoms with E-state index in [1.54, 1.807) is 11.9 Å². The van der Waals surface area contributed by atoms with Gasteiger partial charge in [0.15, 0.2) is 0 Å². The van der Waals surface area contributed by atoms with Crippen LogP contribution in [0, 0.1) is 5.92 Å². The number of rotatable bonds is 4. The fraction of sp³-hybridized carbons (Fsp3) is 0.429. The zero-order valence-corrected chi connectivity index (χ0v) is 10.9. The van der Waals surface area contributed by atoms with E-state index in [1.807, 2.05) is 30.3 Å². The highest BCUT2D eigenvalue weighted by Gasteiger charge is 2.32. The van der Waals surface area contributed by atoms with E-state index in [0.717, 1.165) is 5.56 Å². The summed E-state index contributed by atoms with van der Waals surface area (Å²) in [5.74, 6) is -0.517. The van der Waals surface area contributed by atoms with Crippen molar-refractivity contribution >= 4 is 11.8 Å². The van der Waals surface area contributed by atoms with Crippen LogP contribution in [0.1, 0.15) is 18.0 Å². The molecule has 2 atom stereocenters. The predicted octanol–water partition coefficient (Wildman–Crippen LogP) is 0.314. The normalized spacial score (nSPS) is 20.4. The number of benzene rings is 1. The fourth-order valence-corrected chi connectivity index (χ4v) is 2.25. The average molecular weight is 262 g/mol. The van der Waals surface area contributed by atoms with Gasteiger partial charge in [-0.05, 0) is 5.56 Å². The van der Waals surface area contributed by atoms with Gasteiger partial charge in [0.1, 0.15) is 0 Å². The summed E-state index contributed by atoms with van der Waals surface area (Å²) in [6.45, 7) is 0.282. The van der Waals surface area contributed by atoms with E-state index in [1.165, 1.54) is 0 Å². The number of likely N-dealkylation sites (tertiary alicyclic amines) is 1. The van der Waals surface area contributed by atoms with Crippen LogP contribution in [0.5, 0.6) is 0 Å². The Morgan fingerprint density at radius 3 is 2.68 bits per heavy atom. The molecule has 1 aliphatic heterocycles. The first-order chi connectivity index (χ1) is 9.11. The molecule has 2 rings (SSSR count). The summed E-state index contributed by atoms with van der Waals surface area (Å²) in [7, 11) is 1.69. The van der Waals surface area contributed by atoms with Crippen molar-refractivity contribution in [3.8, 4) is 0 Å². The van der Waals surface area contributed by atoms with Crippen LogP contribution in [0.4, 0.5) is 0 Å². The molecular formula is C14H18N2O3. The SMILES string of the molecule is CN1CC(C(=O)N[C@@H](CO)c2ccccc2)CC1=O. The third-order valence-corrected chi connectivity index (χ3v) is 3.41. The molecule has 0 spiro atoms. The highest BCUT2D eigenvalue weighted by molar-refractivity contribution is 5.89. The lowest BCUT2D eigenvalue weighted by atomic mass is 10.0. The van der Waals surface area contributed by atoms with Crippen molar-refractivity contribution in [2.75, 3.05) is 20.2 Å². The van der Waals surface area contributed by atoms with Crippen molar-refractivity contribution in [3.63, 3.8) is 0 Å². The van der Waals surface area contributed by atoms with E-state index in [0.29, 0.717) is 6.54 Å². The molecule has 2 amide bonds. The van der Waals surface area contributed by atoms with E-state index >= 15 is 0 Å². The van der Waals surface area contributed by atoms with Crippen LogP contribution in [0.2, 0.25) is 0 Å². The fourth-order valence-electron chi connectivity index (χ4n) is 2.25. The molecule has 1 aliphatic rings. The Morgan fingerprint density at radius 2 is 2.16 bits per heavy atom. The van der Waals surface area contributed by atoms with Crippen molar-refractivity contribution in [3.05, 3.63) is 35.9 Å². The Kier molecular flexibility index (Phi) is 4.16. The van der Waals surface area contributed by atoms with Crippen molar-refractivity contribution in [2.45, 2.75) is 12.5 Å². The number of carbonyl (C=O) groups is 2. The Hall–Kier alpha value is -1.88. The molecule has 1 unspecified atom stereocenters. The summed E-state index contributed by atoms with van der Waals surface area (Å²) in [4.78, 5) is 25.0. The van der Waals surface area contributed by atoms with Gasteiger partial charge in [0.25, 0.3) is 0 Å². The molecule has 0 saturated carbocycles. The van der Waals surface area contributed by atoms with Gasteiger partial charge in [-0.1, -0.05) is 30.3 Å². The summed E-state index contributed by atoms with van der Waals surface area (Å²) < 4.78 is 0. The van der Waals surface area contributed by atoms with Gasteiger partial charge in [-0.25, -0.2) is 0 Å². The summed E-state index contributed by atoms with van der Waals surface area (Å²) in [6, 6.07) is 8.88. The molecule has 19 heavy (non-hydrogen) atoms. The van der Waals surface area contributed by atoms with Gasteiger partial charge >= 0.3 is 0 Å². The van der Waals surface area contributed by atoms with Crippen LogP contribution in [0.15, 0.2) is 30.3 Å². The summed E-state index contributed by atoms with van der Waals surface area (Å²) in [5.41, 5.74) is 0.857. The van der Waals surface area contributed by atoms with E-state index < -0.39 is 6.04 Å². The second-order valence-corrected chi connectivity index (χ2v) is 4.83. The van der Waals surface area contributed by atoms with E-state index in [9.17, 15) is 14.7 Å². The molecule has 1 aromatic carbocycles. The Bertz CT molecular complexity index is 461. The van der Waals surface area contributed by atoms with Gasteiger partial charge in [-0.2, -0.15) is 0 Å². The van der Waals surface area contributed by atoms with Crippen molar-refractivity contribution < 1.29 is 14.7 Å². The minimum Gasteiger partial charge on any atom is -0.394 e. The number of amides is 2. The number of aliphatic hydroxyl groups excluding tert-OH is 1. The number of hydrogen-bond donors (Lipinski definition) is 2. The summed E-state index contributed by atoms with van der Waals surface area (Å²) in [5, 5.41) is 12.2. The molecule has 5 nitrogen and oxygen atoms in total. The molecule has 1 saturated heterocycles. The van der Waals surface area contributed by atoms with Gasteiger partial charge in [0.05, 0.1) is 18.6 Å². The molecule has 5 heteroatoms. The number of hydrogen-bond acceptors (Lipinski definition) is 3. The van der Waals surface area contributed by atoms with Crippen LogP contribution in [0.25, 0.3) is 0 Å². The average Bonchev–Trinajstić information content (AvgIpc) is 2.77. The van der Waals surface area contributed by atoms with Crippen LogP contribution < -0.4 is 5.32 Å². The number of carbonyl (C=O) groups excluding carboxylic acids is 2. The van der Waals surface area contributed by atoms with Gasteiger partial charge in [0, 0.05) is 20.0 Å². The molecular weight excluding hydrogens is 244 g/mol. The Morgan fingerprint density at radius 1 is 1.47 bits per heavy atom. The minimum atomic E-state index is -0.422. The molecule has 102 valence electrons. The van der Waals surface area contributed by atoms with E-state index in [-0.39, 0.29) is 30.8 Å². The van der Waals surface area contributed by atoms with E-state index in [4.69, 9.17) is 0 Å². The first-order valence-electron chi connectivity index (χ1n) is 6.32. The lowest BCUT2D eigenvalue weighted by Crippen LogP contribution is -2.36. The summed E-state index contributed by atoms with van der Waals surface area (Å²) >= 11 is 0. The highest BCUT2D eigenvalue weighted by atomic mass is 16.3. The van der Waals surface area contributed by atoms with Crippen molar-refractivity contribution in [2.24, 2.45) is 5.92 Å². The first kappa shape index (κ1) is 13.5. The second-order valence-electron chi connectivity index (χ2n) is 4.83. The first-order valence-corrected chi connectivity index (χ1v) is 6.32. The van der Waals surface area contributed by atoms with Crippen LogP contribution in [-0.2, 0) is 9.59 Å².